The molecule has 0 aromatic heterocycles. The quantitative estimate of drug-likeness (QED) is 0.239. The maximum absolute atomic E-state index is 11.4. The van der Waals surface area contributed by atoms with Crippen LogP contribution in [0.3, 0.4) is 0 Å². The van der Waals surface area contributed by atoms with Gasteiger partial charge in [-0.15, -0.1) is 0 Å². The largest absolute Gasteiger partial charge is 0.460 e. The number of aliphatic hydroxyl groups is 1. The molecular weight excluding hydrogens is 300 g/mol. The zero-order valence-corrected chi connectivity index (χ0v) is 16.4. The monoisotopic (exact) mass is 342 g/mol. The van der Waals surface area contributed by atoms with Gasteiger partial charge in [0, 0.05) is 6.42 Å². The summed E-state index contributed by atoms with van der Waals surface area (Å²) in [5.41, 5.74) is 0. The highest BCUT2D eigenvalue weighted by molar-refractivity contribution is 5.69. The average Bonchev–Trinajstić information content (AvgIpc) is 2.58. The lowest BCUT2D eigenvalue weighted by molar-refractivity contribution is -0.150. The number of rotatable bonds is 18. The van der Waals surface area contributed by atoms with Gasteiger partial charge in [-0.05, 0) is 13.3 Å². The number of esters is 1. The van der Waals surface area contributed by atoms with E-state index in [1.165, 1.54) is 83.5 Å². The summed E-state index contributed by atoms with van der Waals surface area (Å²) >= 11 is 0. The third-order valence-corrected chi connectivity index (χ3v) is 4.57. The van der Waals surface area contributed by atoms with Crippen LogP contribution in [0.1, 0.15) is 117 Å². The molecule has 3 heteroatoms. The molecule has 0 saturated heterocycles. The third-order valence-electron chi connectivity index (χ3n) is 4.57. The number of hydrogen-bond acceptors (Lipinski definition) is 3. The molecule has 1 unspecified atom stereocenters. The average molecular weight is 343 g/mol. The molecule has 0 aliphatic heterocycles. The summed E-state index contributed by atoms with van der Waals surface area (Å²) in [5.74, 6) is -0.175. The van der Waals surface area contributed by atoms with E-state index in [1.54, 1.807) is 6.92 Å². The van der Waals surface area contributed by atoms with Gasteiger partial charge in [-0.2, -0.15) is 0 Å². The Bertz CT molecular complexity index is 266. The van der Waals surface area contributed by atoms with E-state index in [1.807, 2.05) is 0 Å². The lowest BCUT2D eigenvalue weighted by Crippen LogP contribution is -2.18. The number of carbonyl (C=O) groups excluding carboxylic acids is 1. The van der Waals surface area contributed by atoms with Gasteiger partial charge in [0.2, 0.25) is 0 Å². The molecule has 0 heterocycles. The smallest absolute Gasteiger partial charge is 0.306 e. The molecule has 0 aromatic carbocycles. The van der Waals surface area contributed by atoms with Crippen LogP contribution in [-0.2, 0) is 9.53 Å². The van der Waals surface area contributed by atoms with Gasteiger partial charge in [0.1, 0.15) is 6.10 Å². The van der Waals surface area contributed by atoms with Crippen LogP contribution in [0.5, 0.6) is 0 Å². The predicted molar refractivity (Wildman–Crippen MR) is 102 cm³/mol. The molecule has 0 aliphatic rings. The first kappa shape index (κ1) is 23.4. The Balaban J connectivity index is 3.11. The standard InChI is InChI=1S/C21H42O3/c1-3-4-5-6-7-8-9-10-11-12-13-14-15-16-17-18-21(23)24-20(2)19-22/h20,22H,3-19H2,1-2H3. The molecule has 0 amide bonds. The van der Waals surface area contributed by atoms with Crippen molar-refractivity contribution >= 4 is 5.97 Å². The molecule has 0 aliphatic carbocycles. The highest BCUT2D eigenvalue weighted by atomic mass is 16.5. The minimum absolute atomic E-state index is 0.0927. The lowest BCUT2D eigenvalue weighted by Gasteiger charge is -2.09. The van der Waals surface area contributed by atoms with Crippen molar-refractivity contribution in [2.75, 3.05) is 6.61 Å². The molecule has 144 valence electrons. The maximum atomic E-state index is 11.4. The molecule has 0 fully saturated rings. The van der Waals surface area contributed by atoms with Gasteiger partial charge < -0.3 is 9.84 Å². The van der Waals surface area contributed by atoms with Crippen molar-refractivity contribution in [2.45, 2.75) is 123 Å². The fourth-order valence-corrected chi connectivity index (χ4v) is 2.96. The van der Waals surface area contributed by atoms with Crippen molar-refractivity contribution in [2.24, 2.45) is 0 Å². The Morgan fingerprint density at radius 3 is 1.50 bits per heavy atom. The molecule has 3 nitrogen and oxygen atoms in total. The highest BCUT2D eigenvalue weighted by Crippen LogP contribution is 2.13. The first-order chi connectivity index (χ1) is 11.7. The maximum Gasteiger partial charge on any atom is 0.306 e. The number of hydrogen-bond donors (Lipinski definition) is 1. The highest BCUT2D eigenvalue weighted by Gasteiger charge is 2.07. The van der Waals surface area contributed by atoms with Crippen molar-refractivity contribution < 1.29 is 14.6 Å². The van der Waals surface area contributed by atoms with Crippen LogP contribution >= 0.6 is 0 Å². The van der Waals surface area contributed by atoms with Crippen molar-refractivity contribution in [1.29, 1.82) is 0 Å². The second kappa shape index (κ2) is 18.8. The second-order valence-corrected chi connectivity index (χ2v) is 7.18. The van der Waals surface area contributed by atoms with E-state index in [0.29, 0.717) is 6.42 Å². The van der Waals surface area contributed by atoms with Crippen LogP contribution < -0.4 is 0 Å². The molecule has 24 heavy (non-hydrogen) atoms. The number of ether oxygens (including phenoxy) is 1. The van der Waals surface area contributed by atoms with Gasteiger partial charge in [0.25, 0.3) is 0 Å². The first-order valence-corrected chi connectivity index (χ1v) is 10.5. The van der Waals surface area contributed by atoms with Gasteiger partial charge in [0.05, 0.1) is 6.61 Å². The zero-order valence-electron chi connectivity index (χ0n) is 16.4. The van der Waals surface area contributed by atoms with Gasteiger partial charge in [-0.3, -0.25) is 4.79 Å². The summed E-state index contributed by atoms with van der Waals surface area (Å²) in [4.78, 5) is 11.4. The Kier molecular flexibility index (Phi) is 18.3. The second-order valence-electron chi connectivity index (χ2n) is 7.18. The topological polar surface area (TPSA) is 46.5 Å². The Morgan fingerprint density at radius 1 is 0.750 bits per heavy atom. The van der Waals surface area contributed by atoms with Crippen molar-refractivity contribution in [3.05, 3.63) is 0 Å². The molecule has 0 rings (SSSR count). The number of aliphatic hydroxyl groups excluding tert-OH is 1. The normalized spacial score (nSPS) is 12.3. The summed E-state index contributed by atoms with van der Waals surface area (Å²) in [6.07, 6.45) is 20.0. The van der Waals surface area contributed by atoms with E-state index < -0.39 is 0 Å². The van der Waals surface area contributed by atoms with Gasteiger partial charge in [0.15, 0.2) is 0 Å². The minimum atomic E-state index is -0.367. The summed E-state index contributed by atoms with van der Waals surface area (Å²) in [6.45, 7) is 3.89. The predicted octanol–water partition coefficient (Wildman–Crippen LogP) is 6.17. The van der Waals surface area contributed by atoms with Gasteiger partial charge in [-0.25, -0.2) is 0 Å². The molecule has 1 N–H and O–H groups in total. The summed E-state index contributed by atoms with van der Waals surface area (Å²) in [6, 6.07) is 0. The fraction of sp³-hybridized carbons (Fsp3) is 0.952. The van der Waals surface area contributed by atoms with Crippen molar-refractivity contribution in [3.8, 4) is 0 Å². The Morgan fingerprint density at radius 2 is 1.12 bits per heavy atom. The van der Waals surface area contributed by atoms with Crippen LogP contribution in [0.15, 0.2) is 0 Å². The van der Waals surface area contributed by atoms with Crippen LogP contribution in [0.2, 0.25) is 0 Å². The third kappa shape index (κ3) is 17.8. The van der Waals surface area contributed by atoms with Crippen LogP contribution in [-0.4, -0.2) is 23.8 Å². The number of carbonyl (C=O) groups is 1. The van der Waals surface area contributed by atoms with E-state index in [-0.39, 0.29) is 18.7 Å². The Hall–Kier alpha value is -0.570. The van der Waals surface area contributed by atoms with E-state index in [0.717, 1.165) is 12.8 Å². The number of unbranched alkanes of at least 4 members (excludes halogenated alkanes) is 14. The molecule has 0 aromatic rings. The van der Waals surface area contributed by atoms with Crippen LogP contribution in [0.25, 0.3) is 0 Å². The van der Waals surface area contributed by atoms with E-state index in [2.05, 4.69) is 6.92 Å². The van der Waals surface area contributed by atoms with Gasteiger partial charge in [-0.1, -0.05) is 96.8 Å². The Labute approximate surface area is 150 Å². The minimum Gasteiger partial charge on any atom is -0.460 e. The molecule has 1 atom stereocenters. The SMILES string of the molecule is CCCCCCCCCCCCCCCCCC(=O)OC(C)CO. The van der Waals surface area contributed by atoms with E-state index in [9.17, 15) is 4.79 Å². The summed E-state index contributed by atoms with van der Waals surface area (Å²) in [5, 5.41) is 8.81. The lowest BCUT2D eigenvalue weighted by atomic mass is 10.0. The van der Waals surface area contributed by atoms with Crippen LogP contribution in [0.4, 0.5) is 0 Å². The molecule has 0 spiro atoms. The van der Waals surface area contributed by atoms with Crippen LogP contribution in [0, 0.1) is 0 Å². The first-order valence-electron chi connectivity index (χ1n) is 10.5. The van der Waals surface area contributed by atoms with E-state index >= 15 is 0 Å². The molecule has 0 radical (unpaired) electrons. The van der Waals surface area contributed by atoms with Crippen molar-refractivity contribution in [3.63, 3.8) is 0 Å². The molecule has 0 bridgehead atoms. The van der Waals surface area contributed by atoms with Gasteiger partial charge >= 0.3 is 5.97 Å². The molecule has 0 saturated carbocycles. The van der Waals surface area contributed by atoms with Crippen molar-refractivity contribution in [1.82, 2.24) is 0 Å². The molecular formula is C21H42O3. The zero-order chi connectivity index (χ0) is 17.9. The summed E-state index contributed by atoms with van der Waals surface area (Å²) < 4.78 is 5.03. The van der Waals surface area contributed by atoms with E-state index in [4.69, 9.17) is 9.84 Å². The fourth-order valence-electron chi connectivity index (χ4n) is 2.96. The summed E-state index contributed by atoms with van der Waals surface area (Å²) in [7, 11) is 0.